The number of anilines is 2. The van der Waals surface area contributed by atoms with Crippen LogP contribution in [0.25, 0.3) is 22.2 Å². The van der Waals surface area contributed by atoms with E-state index in [9.17, 15) is 4.79 Å². The topological polar surface area (TPSA) is 87.4 Å². The van der Waals surface area contributed by atoms with Crippen molar-refractivity contribution in [3.8, 4) is 11.3 Å². The molecular formula is C29H32N6O2. The Morgan fingerprint density at radius 1 is 0.946 bits per heavy atom. The normalized spacial score (nSPS) is 16.8. The third-order valence-corrected chi connectivity index (χ3v) is 7.43. The van der Waals surface area contributed by atoms with Crippen LogP contribution in [0, 0.1) is 6.92 Å². The largest absolute Gasteiger partial charge is 0.355 e. The summed E-state index contributed by atoms with van der Waals surface area (Å²) in [4.78, 5) is 27.0. The van der Waals surface area contributed by atoms with Gasteiger partial charge in [0.25, 0.3) is 5.91 Å². The number of amides is 1. The lowest BCUT2D eigenvalue weighted by molar-refractivity contribution is 0.0746. The molecule has 0 atom stereocenters. The third-order valence-electron chi connectivity index (χ3n) is 7.43. The van der Waals surface area contributed by atoms with E-state index in [2.05, 4.69) is 20.4 Å². The molecule has 0 bridgehead atoms. The minimum absolute atomic E-state index is 0.0280. The van der Waals surface area contributed by atoms with Gasteiger partial charge < -0.3 is 19.6 Å². The highest BCUT2D eigenvalue weighted by Gasteiger charge is 2.25. The quantitative estimate of drug-likeness (QED) is 0.401. The number of piperazine rings is 1. The molecule has 37 heavy (non-hydrogen) atoms. The molecule has 2 aliphatic rings. The van der Waals surface area contributed by atoms with E-state index in [0.717, 1.165) is 47.0 Å². The number of aryl methyl sites for hydroxylation is 1. The van der Waals surface area contributed by atoms with E-state index in [1.165, 1.54) is 32.1 Å². The van der Waals surface area contributed by atoms with Crippen LogP contribution >= 0.6 is 0 Å². The summed E-state index contributed by atoms with van der Waals surface area (Å²) in [6.07, 6.45) is 6.22. The molecule has 3 heterocycles. The van der Waals surface area contributed by atoms with E-state index in [0.29, 0.717) is 30.5 Å². The van der Waals surface area contributed by atoms with Crippen molar-refractivity contribution < 1.29 is 9.32 Å². The lowest BCUT2D eigenvalue weighted by Crippen LogP contribution is -2.49. The second-order valence-corrected chi connectivity index (χ2v) is 10.1. The maximum absolute atomic E-state index is 13.4. The molecule has 2 aromatic carbocycles. The van der Waals surface area contributed by atoms with E-state index < -0.39 is 0 Å². The minimum atomic E-state index is 0.0280. The number of aromatic nitrogens is 3. The number of nitrogens with zero attached hydrogens (tertiary/aromatic N) is 5. The van der Waals surface area contributed by atoms with Gasteiger partial charge in [0, 0.05) is 55.1 Å². The highest BCUT2D eigenvalue weighted by Crippen LogP contribution is 2.30. The van der Waals surface area contributed by atoms with Crippen LogP contribution in [0.15, 0.2) is 59.1 Å². The van der Waals surface area contributed by atoms with E-state index in [-0.39, 0.29) is 5.91 Å². The Balaban J connectivity index is 1.14. The molecule has 1 N–H and O–H groups in total. The molecular weight excluding hydrogens is 464 g/mol. The van der Waals surface area contributed by atoms with Gasteiger partial charge in [0.1, 0.15) is 11.3 Å². The van der Waals surface area contributed by atoms with Crippen molar-refractivity contribution in [2.75, 3.05) is 36.4 Å². The van der Waals surface area contributed by atoms with Gasteiger partial charge in [-0.25, -0.2) is 4.98 Å². The van der Waals surface area contributed by atoms with E-state index in [1.807, 2.05) is 66.4 Å². The fourth-order valence-corrected chi connectivity index (χ4v) is 5.40. The molecule has 1 aliphatic heterocycles. The smallest absolute Gasteiger partial charge is 0.254 e. The van der Waals surface area contributed by atoms with Crippen LogP contribution in [0.2, 0.25) is 0 Å². The van der Waals surface area contributed by atoms with Crippen molar-refractivity contribution in [1.29, 1.82) is 0 Å². The van der Waals surface area contributed by atoms with Gasteiger partial charge in [0.2, 0.25) is 5.95 Å². The molecule has 2 fully saturated rings. The van der Waals surface area contributed by atoms with Gasteiger partial charge in [-0.1, -0.05) is 54.8 Å². The zero-order chi connectivity index (χ0) is 25.2. The predicted octanol–water partition coefficient (Wildman–Crippen LogP) is 5.30. The Hall–Kier alpha value is -3.94. The van der Waals surface area contributed by atoms with E-state index in [4.69, 9.17) is 9.51 Å². The van der Waals surface area contributed by atoms with Crippen molar-refractivity contribution >= 4 is 28.6 Å². The monoisotopic (exact) mass is 496 g/mol. The summed E-state index contributed by atoms with van der Waals surface area (Å²) in [6, 6.07) is 18.0. The molecule has 1 saturated carbocycles. The summed E-state index contributed by atoms with van der Waals surface area (Å²) < 4.78 is 5.61. The molecule has 0 spiro atoms. The van der Waals surface area contributed by atoms with Crippen LogP contribution in [-0.2, 0) is 0 Å². The van der Waals surface area contributed by atoms with Crippen LogP contribution < -0.4 is 10.2 Å². The Kier molecular flexibility index (Phi) is 6.47. The Morgan fingerprint density at radius 3 is 2.51 bits per heavy atom. The third kappa shape index (κ3) is 5.01. The zero-order valence-corrected chi connectivity index (χ0v) is 21.2. The Bertz CT molecular complexity index is 1390. The summed E-state index contributed by atoms with van der Waals surface area (Å²) in [5.74, 6) is 2.36. The molecule has 8 nitrogen and oxygen atoms in total. The molecule has 1 saturated heterocycles. The first-order chi connectivity index (χ1) is 18.1. The SMILES string of the molecule is Cc1cc(N2CCN(C(=O)c3ccc4noc(-c5ccccc5)c4c3)CC2)nc(NC2CCCCC2)n1. The Labute approximate surface area is 216 Å². The highest BCUT2D eigenvalue weighted by molar-refractivity contribution is 6.01. The van der Waals surface area contributed by atoms with Crippen LogP contribution in [0.4, 0.5) is 11.8 Å². The van der Waals surface area contributed by atoms with Crippen LogP contribution in [-0.4, -0.2) is 58.2 Å². The number of carbonyl (C=O) groups is 1. The number of rotatable bonds is 5. The molecule has 0 radical (unpaired) electrons. The van der Waals surface area contributed by atoms with Crippen LogP contribution in [0.1, 0.15) is 48.2 Å². The summed E-state index contributed by atoms with van der Waals surface area (Å²) in [6.45, 7) is 4.76. The molecule has 190 valence electrons. The first-order valence-corrected chi connectivity index (χ1v) is 13.3. The van der Waals surface area contributed by atoms with Gasteiger partial charge in [-0.2, -0.15) is 4.98 Å². The molecule has 1 amide bonds. The summed E-state index contributed by atoms with van der Waals surface area (Å²) in [7, 11) is 0. The average Bonchev–Trinajstić information content (AvgIpc) is 3.37. The lowest BCUT2D eigenvalue weighted by Gasteiger charge is -2.35. The fraction of sp³-hybridized carbons (Fsp3) is 0.379. The summed E-state index contributed by atoms with van der Waals surface area (Å²) >= 11 is 0. The van der Waals surface area contributed by atoms with E-state index >= 15 is 0 Å². The standard InChI is InChI=1S/C29H32N6O2/c1-20-18-26(32-29(30-20)31-23-10-6-3-7-11-23)34-14-16-35(17-15-34)28(36)22-12-13-25-24(19-22)27(37-33-25)21-8-4-2-5-9-21/h2,4-5,8-9,12-13,18-19,23H,3,6-7,10-11,14-17H2,1H3,(H,30,31,32). The maximum Gasteiger partial charge on any atom is 0.254 e. The second-order valence-electron chi connectivity index (χ2n) is 10.1. The van der Waals surface area contributed by atoms with Crippen molar-refractivity contribution in [1.82, 2.24) is 20.0 Å². The minimum Gasteiger partial charge on any atom is -0.355 e. The fourth-order valence-electron chi connectivity index (χ4n) is 5.40. The summed E-state index contributed by atoms with van der Waals surface area (Å²) in [5.41, 5.74) is 3.30. The van der Waals surface area contributed by atoms with Crippen molar-refractivity contribution in [3.63, 3.8) is 0 Å². The first kappa shape index (κ1) is 23.5. The number of fused-ring (bicyclic) bond motifs is 1. The van der Waals surface area contributed by atoms with Crippen molar-refractivity contribution in [2.45, 2.75) is 45.1 Å². The van der Waals surface area contributed by atoms with Gasteiger partial charge >= 0.3 is 0 Å². The van der Waals surface area contributed by atoms with E-state index in [1.54, 1.807) is 0 Å². The lowest BCUT2D eigenvalue weighted by atomic mass is 9.96. The molecule has 8 heteroatoms. The van der Waals surface area contributed by atoms with Gasteiger partial charge in [-0.15, -0.1) is 0 Å². The molecule has 4 aromatic rings. The summed E-state index contributed by atoms with van der Waals surface area (Å²) in [5, 5.41) is 8.58. The number of benzene rings is 2. The van der Waals surface area contributed by atoms with Crippen LogP contribution in [0.5, 0.6) is 0 Å². The van der Waals surface area contributed by atoms with Gasteiger partial charge in [-0.05, 0) is 38.0 Å². The van der Waals surface area contributed by atoms with Gasteiger partial charge in [0.15, 0.2) is 5.76 Å². The second kappa shape index (κ2) is 10.2. The molecule has 0 unspecified atom stereocenters. The Morgan fingerprint density at radius 2 is 1.73 bits per heavy atom. The van der Waals surface area contributed by atoms with Crippen LogP contribution in [0.3, 0.4) is 0 Å². The average molecular weight is 497 g/mol. The van der Waals surface area contributed by atoms with Crippen molar-refractivity contribution in [3.05, 3.63) is 65.9 Å². The number of nitrogens with one attached hydrogen (secondary N) is 1. The zero-order valence-electron chi connectivity index (χ0n) is 21.2. The maximum atomic E-state index is 13.4. The van der Waals surface area contributed by atoms with Gasteiger partial charge in [0.05, 0.1) is 5.39 Å². The molecule has 1 aliphatic carbocycles. The van der Waals surface area contributed by atoms with Crippen molar-refractivity contribution in [2.24, 2.45) is 0 Å². The predicted molar refractivity (Wildman–Crippen MR) is 145 cm³/mol. The molecule has 6 rings (SSSR count). The number of hydrogen-bond donors (Lipinski definition) is 1. The highest BCUT2D eigenvalue weighted by atomic mass is 16.5. The number of hydrogen-bond acceptors (Lipinski definition) is 7. The first-order valence-electron chi connectivity index (χ1n) is 13.3. The van der Waals surface area contributed by atoms with Gasteiger partial charge in [-0.3, -0.25) is 4.79 Å². The molecule has 2 aromatic heterocycles. The number of carbonyl (C=O) groups excluding carboxylic acids is 1.